The van der Waals surface area contributed by atoms with Gasteiger partial charge < -0.3 is 14.7 Å². The first-order valence-electron chi connectivity index (χ1n) is 6.64. The van der Waals surface area contributed by atoms with E-state index in [1.54, 1.807) is 7.11 Å². The van der Waals surface area contributed by atoms with Crippen molar-refractivity contribution in [1.82, 2.24) is 0 Å². The van der Waals surface area contributed by atoms with E-state index in [4.69, 9.17) is 9.84 Å². The quantitative estimate of drug-likeness (QED) is 0.892. The third-order valence-electron chi connectivity index (χ3n) is 3.98. The molecule has 18 heavy (non-hydrogen) atoms. The Bertz CT molecular complexity index is 405. The summed E-state index contributed by atoms with van der Waals surface area (Å²) in [5, 5.41) is 9.14. The predicted octanol–water partition coefficient (Wildman–Crippen LogP) is 2.35. The van der Waals surface area contributed by atoms with E-state index in [0.717, 1.165) is 18.7 Å². The fourth-order valence-electron chi connectivity index (χ4n) is 2.73. The number of nitrogens with zero attached hydrogens (tertiary/aromatic N) is 1. The van der Waals surface area contributed by atoms with Gasteiger partial charge in [-0.05, 0) is 36.5 Å². The van der Waals surface area contributed by atoms with E-state index in [0.29, 0.717) is 12.0 Å². The van der Waals surface area contributed by atoms with Gasteiger partial charge in [-0.2, -0.15) is 0 Å². The first-order chi connectivity index (χ1) is 8.65. The fraction of sp³-hybridized carbons (Fsp3) is 0.600. The maximum atomic E-state index is 9.14. The summed E-state index contributed by atoms with van der Waals surface area (Å²) in [7, 11) is 1.80. The van der Waals surface area contributed by atoms with Crippen molar-refractivity contribution in [1.29, 1.82) is 0 Å². The smallest absolute Gasteiger partial charge is 0.0772 e. The molecule has 2 unspecified atom stereocenters. The molecule has 3 heteroatoms. The molecular weight excluding hydrogens is 226 g/mol. The first kappa shape index (κ1) is 13.4. The van der Waals surface area contributed by atoms with Crippen molar-refractivity contribution in [2.75, 3.05) is 25.1 Å². The molecule has 1 aromatic carbocycles. The van der Waals surface area contributed by atoms with Gasteiger partial charge >= 0.3 is 0 Å². The lowest BCUT2D eigenvalue weighted by Crippen LogP contribution is -2.44. The molecule has 3 nitrogen and oxygen atoms in total. The molecule has 1 fully saturated rings. The zero-order valence-electron chi connectivity index (χ0n) is 11.5. The molecule has 1 N–H and O–H groups in total. The highest BCUT2D eigenvalue weighted by Gasteiger charge is 2.26. The van der Waals surface area contributed by atoms with E-state index >= 15 is 0 Å². The number of aliphatic hydroxyl groups excluding tert-OH is 1. The summed E-state index contributed by atoms with van der Waals surface area (Å²) in [5.74, 6) is 0.628. The molecule has 0 aromatic heterocycles. The molecule has 2 rings (SSSR count). The van der Waals surface area contributed by atoms with Crippen molar-refractivity contribution in [3.05, 3.63) is 29.3 Å². The maximum Gasteiger partial charge on any atom is 0.0772 e. The minimum Gasteiger partial charge on any atom is -0.392 e. The molecule has 1 heterocycles. The van der Waals surface area contributed by atoms with Crippen LogP contribution in [-0.4, -0.2) is 31.4 Å². The number of aliphatic hydroxyl groups is 1. The van der Waals surface area contributed by atoms with E-state index in [1.165, 1.54) is 17.7 Å². The van der Waals surface area contributed by atoms with Gasteiger partial charge in [0.15, 0.2) is 0 Å². The van der Waals surface area contributed by atoms with Crippen LogP contribution in [0.1, 0.15) is 24.5 Å². The van der Waals surface area contributed by atoms with E-state index in [1.807, 2.05) is 6.07 Å². The average molecular weight is 249 g/mol. The van der Waals surface area contributed by atoms with Gasteiger partial charge in [-0.1, -0.05) is 19.1 Å². The Balaban J connectivity index is 2.16. The minimum absolute atomic E-state index is 0.110. The van der Waals surface area contributed by atoms with Gasteiger partial charge in [-0.15, -0.1) is 0 Å². The zero-order valence-corrected chi connectivity index (χ0v) is 11.5. The fourth-order valence-corrected chi connectivity index (χ4v) is 2.73. The van der Waals surface area contributed by atoms with Crippen molar-refractivity contribution < 1.29 is 9.84 Å². The lowest BCUT2D eigenvalue weighted by atomic mass is 9.95. The lowest BCUT2D eigenvalue weighted by molar-refractivity contribution is 0.0498. The first-order valence-corrected chi connectivity index (χ1v) is 6.64. The SMILES string of the molecule is COC1CN(c2ccc(CO)cc2C)CCC1C. The molecule has 0 radical (unpaired) electrons. The molecular formula is C15H23NO2. The number of hydrogen-bond donors (Lipinski definition) is 1. The van der Waals surface area contributed by atoms with Crippen LogP contribution in [-0.2, 0) is 11.3 Å². The molecule has 100 valence electrons. The van der Waals surface area contributed by atoms with Crippen LogP contribution in [0.3, 0.4) is 0 Å². The number of benzene rings is 1. The largest absolute Gasteiger partial charge is 0.392 e. The Hall–Kier alpha value is -1.06. The normalized spacial score (nSPS) is 24.3. The summed E-state index contributed by atoms with van der Waals surface area (Å²) < 4.78 is 5.56. The zero-order chi connectivity index (χ0) is 13.1. The molecule has 1 saturated heterocycles. The summed E-state index contributed by atoms with van der Waals surface area (Å²) >= 11 is 0. The van der Waals surface area contributed by atoms with Crippen molar-refractivity contribution in [2.24, 2.45) is 5.92 Å². The number of rotatable bonds is 3. The van der Waals surface area contributed by atoms with Crippen molar-refractivity contribution in [2.45, 2.75) is 33.0 Å². The molecule has 1 aromatic rings. The molecule has 0 aliphatic carbocycles. The van der Waals surface area contributed by atoms with Gasteiger partial charge in [0.25, 0.3) is 0 Å². The third kappa shape index (κ3) is 2.68. The summed E-state index contributed by atoms with van der Waals surface area (Å²) in [6, 6.07) is 6.18. The van der Waals surface area contributed by atoms with Crippen LogP contribution in [0, 0.1) is 12.8 Å². The van der Waals surface area contributed by atoms with Gasteiger partial charge in [0.05, 0.1) is 12.7 Å². The van der Waals surface area contributed by atoms with Gasteiger partial charge in [0.1, 0.15) is 0 Å². The average Bonchev–Trinajstić information content (AvgIpc) is 2.39. The number of piperidine rings is 1. The Morgan fingerprint density at radius 3 is 2.83 bits per heavy atom. The van der Waals surface area contributed by atoms with Crippen LogP contribution in [0.25, 0.3) is 0 Å². The van der Waals surface area contributed by atoms with E-state index in [2.05, 4.69) is 30.9 Å². The van der Waals surface area contributed by atoms with Crippen LogP contribution in [0.2, 0.25) is 0 Å². The highest BCUT2D eigenvalue weighted by atomic mass is 16.5. The van der Waals surface area contributed by atoms with Crippen LogP contribution in [0.15, 0.2) is 18.2 Å². The van der Waals surface area contributed by atoms with E-state index in [9.17, 15) is 0 Å². The Kier molecular flexibility index (Phi) is 4.25. The van der Waals surface area contributed by atoms with Crippen molar-refractivity contribution in [3.63, 3.8) is 0 Å². The number of methoxy groups -OCH3 is 1. The molecule has 0 amide bonds. The second kappa shape index (κ2) is 5.72. The van der Waals surface area contributed by atoms with Gasteiger partial charge in [-0.25, -0.2) is 0 Å². The number of ether oxygens (including phenoxy) is 1. The van der Waals surface area contributed by atoms with Gasteiger partial charge in [0, 0.05) is 25.9 Å². The standard InChI is InChI=1S/C15H23NO2/c1-11-6-7-16(9-15(11)18-3)14-5-4-13(10-17)8-12(14)2/h4-5,8,11,15,17H,6-7,9-10H2,1-3H3. The molecule has 0 spiro atoms. The summed E-state index contributed by atoms with van der Waals surface area (Å²) in [6.07, 6.45) is 1.48. The number of hydrogen-bond acceptors (Lipinski definition) is 3. The second-order valence-electron chi connectivity index (χ2n) is 5.27. The molecule has 0 bridgehead atoms. The summed E-state index contributed by atoms with van der Waals surface area (Å²) in [5.41, 5.74) is 3.47. The maximum absolute atomic E-state index is 9.14. The monoisotopic (exact) mass is 249 g/mol. The van der Waals surface area contributed by atoms with Gasteiger partial charge in [-0.3, -0.25) is 0 Å². The van der Waals surface area contributed by atoms with Crippen molar-refractivity contribution in [3.8, 4) is 0 Å². The lowest BCUT2D eigenvalue weighted by Gasteiger charge is -2.38. The van der Waals surface area contributed by atoms with E-state index < -0.39 is 0 Å². The Morgan fingerprint density at radius 1 is 1.44 bits per heavy atom. The topological polar surface area (TPSA) is 32.7 Å². The predicted molar refractivity (Wildman–Crippen MR) is 73.9 cm³/mol. The molecule has 1 aliphatic heterocycles. The Morgan fingerprint density at radius 2 is 2.22 bits per heavy atom. The minimum atomic E-state index is 0.110. The van der Waals surface area contributed by atoms with E-state index in [-0.39, 0.29) is 6.61 Å². The highest BCUT2D eigenvalue weighted by Crippen LogP contribution is 2.27. The number of aryl methyl sites for hydroxylation is 1. The number of anilines is 1. The molecule has 2 atom stereocenters. The van der Waals surface area contributed by atoms with Crippen LogP contribution < -0.4 is 4.90 Å². The van der Waals surface area contributed by atoms with Crippen LogP contribution in [0.5, 0.6) is 0 Å². The highest BCUT2D eigenvalue weighted by molar-refractivity contribution is 5.54. The van der Waals surface area contributed by atoms with Crippen LogP contribution >= 0.6 is 0 Å². The third-order valence-corrected chi connectivity index (χ3v) is 3.98. The second-order valence-corrected chi connectivity index (χ2v) is 5.27. The summed E-state index contributed by atoms with van der Waals surface area (Å²) in [6.45, 7) is 6.51. The van der Waals surface area contributed by atoms with Gasteiger partial charge in [0.2, 0.25) is 0 Å². The molecule has 0 saturated carbocycles. The molecule has 1 aliphatic rings. The Labute approximate surface area is 109 Å². The van der Waals surface area contributed by atoms with Crippen molar-refractivity contribution >= 4 is 5.69 Å². The van der Waals surface area contributed by atoms with Crippen LogP contribution in [0.4, 0.5) is 5.69 Å². The summed E-state index contributed by atoms with van der Waals surface area (Å²) in [4.78, 5) is 2.39.